The molecule has 1 atom stereocenters. The first-order valence-corrected chi connectivity index (χ1v) is 7.82. The molecule has 1 aromatic carbocycles. The van der Waals surface area contributed by atoms with Crippen LogP contribution in [-0.2, 0) is 13.5 Å². The molecule has 0 radical (unpaired) electrons. The van der Waals surface area contributed by atoms with Gasteiger partial charge in [-0.3, -0.25) is 4.68 Å². The van der Waals surface area contributed by atoms with Crippen LogP contribution in [0.1, 0.15) is 47.5 Å². The number of hydrogen-bond donors (Lipinski definition) is 1. The molecule has 0 fully saturated rings. The molecule has 3 nitrogen and oxygen atoms in total. The number of aryl methyl sites for hydroxylation is 3. The number of nitrogens with zero attached hydrogens (tertiary/aromatic N) is 2. The summed E-state index contributed by atoms with van der Waals surface area (Å²) >= 11 is 0. The highest BCUT2D eigenvalue weighted by atomic mass is 15.3. The molecular formula is C18H27N3. The third-order valence-corrected chi connectivity index (χ3v) is 4.15. The molecule has 0 saturated heterocycles. The van der Waals surface area contributed by atoms with Crippen molar-refractivity contribution >= 4 is 0 Å². The number of benzene rings is 1. The average Bonchev–Trinajstić information content (AvgIpc) is 2.69. The van der Waals surface area contributed by atoms with Gasteiger partial charge in [0.2, 0.25) is 0 Å². The minimum Gasteiger partial charge on any atom is -0.310 e. The van der Waals surface area contributed by atoms with E-state index in [1.807, 2.05) is 11.7 Å². The van der Waals surface area contributed by atoms with Crippen LogP contribution in [0.15, 0.2) is 24.3 Å². The van der Waals surface area contributed by atoms with Crippen LogP contribution in [-0.4, -0.2) is 16.3 Å². The maximum atomic E-state index is 4.54. The van der Waals surface area contributed by atoms with Crippen molar-refractivity contribution in [1.29, 1.82) is 0 Å². The number of hydrogen-bond acceptors (Lipinski definition) is 2. The minimum atomic E-state index is 0.353. The summed E-state index contributed by atoms with van der Waals surface area (Å²) in [4.78, 5) is 0. The molecular weight excluding hydrogens is 258 g/mol. The summed E-state index contributed by atoms with van der Waals surface area (Å²) in [7, 11) is 2.02. The largest absolute Gasteiger partial charge is 0.310 e. The summed E-state index contributed by atoms with van der Waals surface area (Å²) in [6, 6.07) is 9.16. The Morgan fingerprint density at radius 1 is 1.24 bits per heavy atom. The lowest BCUT2D eigenvalue weighted by atomic mass is 9.96. The molecule has 0 spiro atoms. The van der Waals surface area contributed by atoms with Crippen molar-refractivity contribution in [3.05, 3.63) is 52.3 Å². The first-order chi connectivity index (χ1) is 10.0. The molecule has 0 amide bonds. The van der Waals surface area contributed by atoms with E-state index < -0.39 is 0 Å². The summed E-state index contributed by atoms with van der Waals surface area (Å²) in [5, 5.41) is 8.23. The maximum Gasteiger partial charge on any atom is 0.0629 e. The molecule has 0 bridgehead atoms. The lowest BCUT2D eigenvalue weighted by molar-refractivity contribution is 0.527. The van der Waals surface area contributed by atoms with Crippen LogP contribution in [0.3, 0.4) is 0 Å². The van der Waals surface area contributed by atoms with E-state index in [4.69, 9.17) is 0 Å². The van der Waals surface area contributed by atoms with Crippen molar-refractivity contribution in [2.24, 2.45) is 7.05 Å². The first kappa shape index (κ1) is 15.8. The summed E-state index contributed by atoms with van der Waals surface area (Å²) in [5.74, 6) is 0. The van der Waals surface area contributed by atoms with Gasteiger partial charge in [0.1, 0.15) is 0 Å². The van der Waals surface area contributed by atoms with Crippen molar-refractivity contribution < 1.29 is 0 Å². The average molecular weight is 285 g/mol. The predicted octanol–water partition coefficient (Wildman–Crippen LogP) is 3.63. The van der Waals surface area contributed by atoms with E-state index in [1.165, 1.54) is 22.4 Å². The van der Waals surface area contributed by atoms with Crippen molar-refractivity contribution in [3.8, 4) is 0 Å². The summed E-state index contributed by atoms with van der Waals surface area (Å²) < 4.78 is 1.98. The fourth-order valence-corrected chi connectivity index (χ4v) is 2.83. The molecule has 0 aliphatic carbocycles. The Labute approximate surface area is 128 Å². The second kappa shape index (κ2) is 6.90. The van der Waals surface area contributed by atoms with E-state index in [2.05, 4.69) is 62.4 Å². The highest BCUT2D eigenvalue weighted by Gasteiger charge is 2.17. The maximum absolute atomic E-state index is 4.54. The van der Waals surface area contributed by atoms with Crippen LogP contribution in [0.25, 0.3) is 0 Å². The van der Waals surface area contributed by atoms with Gasteiger partial charge in [-0.1, -0.05) is 36.8 Å². The third kappa shape index (κ3) is 3.73. The molecule has 2 rings (SSSR count). The highest BCUT2D eigenvalue weighted by molar-refractivity contribution is 5.30. The summed E-state index contributed by atoms with van der Waals surface area (Å²) in [5.41, 5.74) is 6.46. The van der Waals surface area contributed by atoms with Gasteiger partial charge in [-0.2, -0.15) is 5.10 Å². The van der Waals surface area contributed by atoms with Crippen LogP contribution in [0.5, 0.6) is 0 Å². The lowest BCUT2D eigenvalue weighted by Crippen LogP contribution is -2.24. The Balaban J connectivity index is 2.28. The topological polar surface area (TPSA) is 29.9 Å². The fourth-order valence-electron chi connectivity index (χ4n) is 2.83. The van der Waals surface area contributed by atoms with E-state index in [9.17, 15) is 0 Å². The summed E-state index contributed by atoms with van der Waals surface area (Å²) in [6.45, 7) is 9.66. The lowest BCUT2D eigenvalue weighted by Gasteiger charge is -2.20. The zero-order chi connectivity index (χ0) is 15.4. The van der Waals surface area contributed by atoms with Crippen LogP contribution in [0.4, 0.5) is 0 Å². The molecule has 1 aromatic heterocycles. The minimum absolute atomic E-state index is 0.353. The van der Waals surface area contributed by atoms with Gasteiger partial charge in [-0.15, -0.1) is 0 Å². The van der Waals surface area contributed by atoms with E-state index in [0.29, 0.717) is 6.04 Å². The Morgan fingerprint density at radius 3 is 2.57 bits per heavy atom. The zero-order valence-corrected chi connectivity index (χ0v) is 13.9. The van der Waals surface area contributed by atoms with E-state index in [-0.39, 0.29) is 0 Å². The fraction of sp³-hybridized carbons (Fsp3) is 0.500. The van der Waals surface area contributed by atoms with Gasteiger partial charge in [-0.05, 0) is 51.3 Å². The van der Waals surface area contributed by atoms with E-state index >= 15 is 0 Å². The van der Waals surface area contributed by atoms with Gasteiger partial charge in [-0.25, -0.2) is 0 Å². The normalized spacial score (nSPS) is 12.6. The molecule has 21 heavy (non-hydrogen) atoms. The zero-order valence-electron chi connectivity index (χ0n) is 13.9. The molecule has 1 unspecified atom stereocenters. The summed E-state index contributed by atoms with van der Waals surface area (Å²) in [6.07, 6.45) is 2.14. The molecule has 0 aliphatic heterocycles. The molecule has 0 saturated carbocycles. The van der Waals surface area contributed by atoms with Crippen LogP contribution in [0, 0.1) is 20.8 Å². The number of nitrogens with one attached hydrogen (secondary N) is 1. The Bertz CT molecular complexity index is 599. The van der Waals surface area contributed by atoms with Crippen molar-refractivity contribution in [1.82, 2.24) is 15.1 Å². The van der Waals surface area contributed by atoms with Crippen molar-refractivity contribution in [3.63, 3.8) is 0 Å². The molecule has 1 N–H and O–H groups in total. The number of rotatable bonds is 6. The Hall–Kier alpha value is -1.61. The Morgan fingerprint density at radius 2 is 2.00 bits per heavy atom. The quantitative estimate of drug-likeness (QED) is 0.878. The van der Waals surface area contributed by atoms with E-state index in [0.717, 1.165) is 25.1 Å². The highest BCUT2D eigenvalue weighted by Crippen LogP contribution is 2.23. The van der Waals surface area contributed by atoms with Gasteiger partial charge in [0, 0.05) is 18.8 Å². The van der Waals surface area contributed by atoms with Crippen LogP contribution < -0.4 is 5.32 Å². The molecule has 114 valence electrons. The standard InChI is InChI=1S/C18H27N3/c1-6-10-19-18(16-9-7-8-13(2)11-16)12-17-14(3)20-21(5)15(17)4/h7-9,11,18-19H,6,10,12H2,1-5H3. The van der Waals surface area contributed by atoms with Crippen molar-refractivity contribution in [2.75, 3.05) is 6.54 Å². The SMILES string of the molecule is CCCNC(Cc1c(C)nn(C)c1C)c1cccc(C)c1. The Kier molecular flexibility index (Phi) is 5.18. The van der Waals surface area contributed by atoms with Gasteiger partial charge < -0.3 is 5.32 Å². The second-order valence-electron chi connectivity index (χ2n) is 5.90. The first-order valence-electron chi connectivity index (χ1n) is 7.82. The molecule has 1 heterocycles. The van der Waals surface area contributed by atoms with Gasteiger partial charge in [0.25, 0.3) is 0 Å². The monoisotopic (exact) mass is 285 g/mol. The van der Waals surface area contributed by atoms with Gasteiger partial charge >= 0.3 is 0 Å². The predicted molar refractivity (Wildman–Crippen MR) is 88.6 cm³/mol. The third-order valence-electron chi connectivity index (χ3n) is 4.15. The number of aromatic nitrogens is 2. The smallest absolute Gasteiger partial charge is 0.0629 e. The van der Waals surface area contributed by atoms with Gasteiger partial charge in [0.15, 0.2) is 0 Å². The second-order valence-corrected chi connectivity index (χ2v) is 5.90. The van der Waals surface area contributed by atoms with Gasteiger partial charge in [0.05, 0.1) is 5.69 Å². The molecule has 3 heteroatoms. The van der Waals surface area contributed by atoms with E-state index in [1.54, 1.807) is 0 Å². The molecule has 0 aliphatic rings. The molecule has 2 aromatic rings. The van der Waals surface area contributed by atoms with Crippen LogP contribution in [0.2, 0.25) is 0 Å². The van der Waals surface area contributed by atoms with Crippen LogP contribution >= 0.6 is 0 Å². The van der Waals surface area contributed by atoms with Crippen molar-refractivity contribution in [2.45, 2.75) is 46.6 Å².